The van der Waals surface area contributed by atoms with Gasteiger partial charge in [0, 0.05) is 6.42 Å². The van der Waals surface area contributed by atoms with Gasteiger partial charge in [-0.15, -0.1) is 0 Å². The zero-order chi connectivity index (χ0) is 29.6. The number of fused-ring (bicyclic) bond motifs is 1. The molecule has 2 atom stereocenters. The quantitative estimate of drug-likeness (QED) is 0.111. The monoisotopic (exact) mass is 543 g/mol. The molecule has 1 aromatic carbocycles. The Kier molecular flexibility index (Phi) is 14.6. The number of carboxylic acid groups (broad SMARTS) is 1. The van der Waals surface area contributed by atoms with Crippen molar-refractivity contribution >= 4 is 23.9 Å². The summed E-state index contributed by atoms with van der Waals surface area (Å²) < 4.78 is 12.3. The van der Waals surface area contributed by atoms with E-state index in [1.807, 2.05) is 38.1 Å². The highest BCUT2D eigenvalue weighted by Gasteiger charge is 2.31. The lowest BCUT2D eigenvalue weighted by Crippen LogP contribution is -2.46. The molecule has 7 nitrogen and oxygen atoms in total. The van der Waals surface area contributed by atoms with Crippen LogP contribution in [-0.4, -0.2) is 34.6 Å². The number of amides is 1. The van der Waals surface area contributed by atoms with Gasteiger partial charge in [0.1, 0.15) is 23.1 Å². The number of benzene rings is 1. The number of rotatable bonds is 14. The predicted octanol–water partition coefficient (Wildman–Crippen LogP) is 7.27. The van der Waals surface area contributed by atoms with Crippen LogP contribution in [0, 0.1) is 5.92 Å². The molecule has 1 aliphatic rings. The van der Waals surface area contributed by atoms with E-state index in [1.165, 1.54) is 5.57 Å². The van der Waals surface area contributed by atoms with Crippen LogP contribution in [-0.2, 0) is 20.8 Å². The van der Waals surface area contributed by atoms with E-state index in [1.54, 1.807) is 13.8 Å². The third-order valence-electron chi connectivity index (χ3n) is 6.39. The smallest absolute Gasteiger partial charge is 0.334 e. The Bertz CT molecular complexity index is 1020. The molecule has 1 aliphatic heterocycles. The number of carboxylic acids is 1. The average molecular weight is 544 g/mol. The second-order valence-corrected chi connectivity index (χ2v) is 10.6. The van der Waals surface area contributed by atoms with Crippen LogP contribution in [0.5, 0.6) is 11.5 Å². The summed E-state index contributed by atoms with van der Waals surface area (Å²) in [5.74, 6) is -1.30. The highest BCUT2D eigenvalue weighted by molar-refractivity contribution is 5.87. The second-order valence-electron chi connectivity index (χ2n) is 10.6. The van der Waals surface area contributed by atoms with Crippen molar-refractivity contribution in [3.63, 3.8) is 0 Å². The molecule has 2 N–H and O–H groups in total. The Morgan fingerprint density at radius 1 is 1.13 bits per heavy atom. The van der Waals surface area contributed by atoms with Gasteiger partial charge < -0.3 is 19.9 Å². The van der Waals surface area contributed by atoms with Crippen LogP contribution in [0.2, 0.25) is 0 Å². The molecule has 0 saturated heterocycles. The summed E-state index contributed by atoms with van der Waals surface area (Å²) in [5, 5.41) is 11.5. The van der Waals surface area contributed by atoms with Crippen molar-refractivity contribution in [1.29, 1.82) is 0 Å². The van der Waals surface area contributed by atoms with Crippen LogP contribution in [0.4, 0.5) is 0 Å². The topological polar surface area (TPSA) is 102 Å². The summed E-state index contributed by atoms with van der Waals surface area (Å²) >= 11 is 0. The first-order valence-corrected chi connectivity index (χ1v) is 14.4. The molecule has 0 bridgehead atoms. The molecule has 0 unspecified atom stereocenters. The number of allylic oxidation sites excluding steroid dienone is 2. The zero-order valence-electron chi connectivity index (χ0n) is 25.2. The summed E-state index contributed by atoms with van der Waals surface area (Å²) in [6.45, 7) is 16.0. The molecule has 0 aliphatic carbocycles. The number of ether oxygens (including phenoxy) is 2. The lowest BCUT2D eigenvalue weighted by molar-refractivity contribution is -0.141. The number of hydrogen-bond acceptors (Lipinski definition) is 5. The van der Waals surface area contributed by atoms with Crippen molar-refractivity contribution in [1.82, 2.24) is 5.32 Å². The van der Waals surface area contributed by atoms with Crippen molar-refractivity contribution in [2.45, 2.75) is 118 Å². The molecular formula is C32H49NO6. The lowest BCUT2D eigenvalue weighted by atomic mass is 9.93. The molecule has 1 amide bonds. The molecule has 0 aromatic heterocycles. The van der Waals surface area contributed by atoms with E-state index < -0.39 is 29.5 Å². The summed E-state index contributed by atoms with van der Waals surface area (Å²) in [5.41, 5.74) is 2.53. The fraction of sp³-hybridized carbons (Fsp3) is 0.594. The van der Waals surface area contributed by atoms with E-state index >= 15 is 0 Å². The van der Waals surface area contributed by atoms with Gasteiger partial charge in [-0.25, -0.2) is 4.79 Å². The van der Waals surface area contributed by atoms with E-state index in [4.69, 9.17) is 14.6 Å². The second kappa shape index (κ2) is 16.8. The molecule has 2 rings (SSSR count). The standard InChI is InChI=1S/C30H43NO6.C2H6/c1-7-8-9-12-22-18-24(36-29(35)28(21(4)5)31-26(32)13-14-27(33)34)23-15-17-30(6,37-25(23)19-22)16-10-11-20(2)3;1-2/h11,15,17-19,21,28H,7-10,12-14,16H2,1-6H3,(H,31,32)(H,33,34);1-2H3/t28-,30-;/m0./s1. The Morgan fingerprint density at radius 3 is 2.41 bits per heavy atom. The highest BCUT2D eigenvalue weighted by Crippen LogP contribution is 2.40. The fourth-order valence-corrected chi connectivity index (χ4v) is 4.17. The number of aliphatic carboxylic acids is 1. The van der Waals surface area contributed by atoms with Crippen molar-refractivity contribution in [3.05, 3.63) is 41.0 Å². The SMILES string of the molecule is CC.CCCCCc1cc(OC(=O)[C@@H](NC(=O)CCC(=O)O)C(C)C)c2c(c1)O[C@@](C)(CCC=C(C)C)C=C2. The van der Waals surface area contributed by atoms with E-state index in [2.05, 4.69) is 39.1 Å². The summed E-state index contributed by atoms with van der Waals surface area (Å²) in [6.07, 6.45) is 11.4. The molecule has 1 heterocycles. The average Bonchev–Trinajstić information content (AvgIpc) is 2.86. The summed E-state index contributed by atoms with van der Waals surface area (Å²) in [4.78, 5) is 36.2. The lowest BCUT2D eigenvalue weighted by Gasteiger charge is -2.32. The van der Waals surface area contributed by atoms with Gasteiger partial charge in [-0.2, -0.15) is 0 Å². The van der Waals surface area contributed by atoms with E-state index in [9.17, 15) is 14.4 Å². The Morgan fingerprint density at radius 2 is 1.82 bits per heavy atom. The number of nitrogens with one attached hydrogen (secondary N) is 1. The van der Waals surface area contributed by atoms with Gasteiger partial charge >= 0.3 is 11.9 Å². The Balaban J connectivity index is 0.00000371. The van der Waals surface area contributed by atoms with Crippen LogP contribution in [0.25, 0.3) is 6.08 Å². The molecule has 0 radical (unpaired) electrons. The first-order valence-electron chi connectivity index (χ1n) is 14.4. The van der Waals surface area contributed by atoms with Crippen LogP contribution in [0.15, 0.2) is 29.9 Å². The van der Waals surface area contributed by atoms with Gasteiger partial charge in [0.15, 0.2) is 0 Å². The van der Waals surface area contributed by atoms with Crippen LogP contribution < -0.4 is 14.8 Å². The highest BCUT2D eigenvalue weighted by atomic mass is 16.5. The van der Waals surface area contributed by atoms with Crippen molar-refractivity contribution in [3.8, 4) is 11.5 Å². The minimum atomic E-state index is -1.06. The number of unbranched alkanes of at least 4 members (excludes halogenated alkanes) is 2. The van der Waals surface area contributed by atoms with Crippen LogP contribution >= 0.6 is 0 Å². The third-order valence-corrected chi connectivity index (χ3v) is 6.39. The summed E-state index contributed by atoms with van der Waals surface area (Å²) in [6, 6.07) is 3.03. The number of esters is 1. The Labute approximate surface area is 235 Å². The van der Waals surface area contributed by atoms with E-state index in [-0.39, 0.29) is 18.8 Å². The molecule has 0 spiro atoms. The molecule has 218 valence electrons. The molecule has 0 fully saturated rings. The van der Waals surface area contributed by atoms with E-state index in [0.717, 1.165) is 44.1 Å². The number of aryl methyl sites for hydroxylation is 1. The first-order chi connectivity index (χ1) is 18.4. The van der Waals surface area contributed by atoms with Gasteiger partial charge in [-0.3, -0.25) is 9.59 Å². The molecular weight excluding hydrogens is 494 g/mol. The minimum Gasteiger partial charge on any atom is -0.483 e. The molecule has 39 heavy (non-hydrogen) atoms. The van der Waals surface area contributed by atoms with Gasteiger partial charge in [0.05, 0.1) is 12.0 Å². The number of carbonyl (C=O) groups is 3. The normalized spacial score (nSPS) is 16.2. The third kappa shape index (κ3) is 11.7. The Hall–Kier alpha value is -3.09. The first kappa shape index (κ1) is 33.9. The van der Waals surface area contributed by atoms with Gasteiger partial charge in [-0.1, -0.05) is 59.1 Å². The minimum absolute atomic E-state index is 0.198. The fourth-order valence-electron chi connectivity index (χ4n) is 4.17. The van der Waals surface area contributed by atoms with Crippen molar-refractivity contribution < 1.29 is 29.0 Å². The van der Waals surface area contributed by atoms with Crippen molar-refractivity contribution in [2.24, 2.45) is 5.92 Å². The summed E-state index contributed by atoms with van der Waals surface area (Å²) in [7, 11) is 0. The largest absolute Gasteiger partial charge is 0.483 e. The maximum atomic E-state index is 13.2. The van der Waals surface area contributed by atoms with Gasteiger partial charge in [-0.05, 0) is 82.2 Å². The molecule has 7 heteroatoms. The predicted molar refractivity (Wildman–Crippen MR) is 157 cm³/mol. The molecule has 1 aromatic rings. The number of hydrogen-bond donors (Lipinski definition) is 2. The number of carbonyl (C=O) groups excluding carboxylic acids is 2. The van der Waals surface area contributed by atoms with Crippen molar-refractivity contribution in [2.75, 3.05) is 0 Å². The van der Waals surface area contributed by atoms with Gasteiger partial charge in [0.25, 0.3) is 0 Å². The van der Waals surface area contributed by atoms with Gasteiger partial charge in [0.2, 0.25) is 5.91 Å². The van der Waals surface area contributed by atoms with E-state index in [0.29, 0.717) is 17.1 Å². The maximum Gasteiger partial charge on any atom is 0.334 e. The van der Waals surface area contributed by atoms with Crippen LogP contribution in [0.1, 0.15) is 111 Å². The van der Waals surface area contributed by atoms with Crippen LogP contribution in [0.3, 0.4) is 0 Å². The zero-order valence-corrected chi connectivity index (χ0v) is 25.2. The molecule has 0 saturated carbocycles. The maximum absolute atomic E-state index is 13.2.